The SMILES string of the molecule is CNc1cccc(C(=O)NC2CC2c2ccccc2)n1. The van der Waals surface area contributed by atoms with Gasteiger partial charge in [-0.25, -0.2) is 4.98 Å². The van der Waals surface area contributed by atoms with Crippen molar-refractivity contribution in [2.45, 2.75) is 18.4 Å². The van der Waals surface area contributed by atoms with Gasteiger partial charge in [-0.2, -0.15) is 0 Å². The Bertz CT molecular complexity index is 612. The Morgan fingerprint density at radius 3 is 2.70 bits per heavy atom. The molecular formula is C16H17N3O. The van der Waals surface area contributed by atoms with Gasteiger partial charge in [-0.3, -0.25) is 4.79 Å². The zero-order valence-corrected chi connectivity index (χ0v) is 11.3. The van der Waals surface area contributed by atoms with Gasteiger partial charge in [-0.1, -0.05) is 36.4 Å². The molecule has 102 valence electrons. The highest BCUT2D eigenvalue weighted by Gasteiger charge is 2.39. The molecular weight excluding hydrogens is 250 g/mol. The third-order valence-electron chi connectivity index (χ3n) is 3.57. The van der Waals surface area contributed by atoms with Gasteiger partial charge in [0.25, 0.3) is 5.91 Å². The second-order valence-electron chi connectivity index (χ2n) is 4.99. The lowest BCUT2D eigenvalue weighted by Crippen LogP contribution is -2.27. The molecule has 1 amide bonds. The number of benzene rings is 1. The molecule has 1 aliphatic carbocycles. The van der Waals surface area contributed by atoms with E-state index in [1.807, 2.05) is 30.3 Å². The van der Waals surface area contributed by atoms with E-state index >= 15 is 0 Å². The first-order valence-electron chi connectivity index (χ1n) is 6.78. The molecule has 2 unspecified atom stereocenters. The van der Waals surface area contributed by atoms with Crippen LogP contribution in [0.15, 0.2) is 48.5 Å². The summed E-state index contributed by atoms with van der Waals surface area (Å²) in [4.78, 5) is 16.4. The minimum atomic E-state index is -0.106. The van der Waals surface area contributed by atoms with Crippen LogP contribution in [0.25, 0.3) is 0 Å². The molecule has 0 radical (unpaired) electrons. The van der Waals surface area contributed by atoms with Gasteiger partial charge < -0.3 is 10.6 Å². The van der Waals surface area contributed by atoms with E-state index in [4.69, 9.17) is 0 Å². The maximum absolute atomic E-state index is 12.1. The fraction of sp³-hybridized carbons (Fsp3) is 0.250. The Hall–Kier alpha value is -2.36. The second kappa shape index (κ2) is 5.33. The fourth-order valence-corrected chi connectivity index (χ4v) is 2.37. The summed E-state index contributed by atoms with van der Waals surface area (Å²) in [7, 11) is 1.79. The summed E-state index contributed by atoms with van der Waals surface area (Å²) in [6.07, 6.45) is 1.00. The molecule has 1 heterocycles. The van der Waals surface area contributed by atoms with Crippen molar-refractivity contribution in [3.05, 3.63) is 59.8 Å². The van der Waals surface area contributed by atoms with E-state index in [1.165, 1.54) is 5.56 Å². The summed E-state index contributed by atoms with van der Waals surface area (Å²) >= 11 is 0. The van der Waals surface area contributed by atoms with Crippen LogP contribution in [0.4, 0.5) is 5.82 Å². The Balaban J connectivity index is 1.63. The second-order valence-corrected chi connectivity index (χ2v) is 4.99. The maximum Gasteiger partial charge on any atom is 0.270 e. The first-order valence-corrected chi connectivity index (χ1v) is 6.78. The zero-order valence-electron chi connectivity index (χ0n) is 11.3. The van der Waals surface area contributed by atoms with Gasteiger partial charge in [0.2, 0.25) is 0 Å². The number of carbonyl (C=O) groups excluding carboxylic acids is 1. The Kier molecular flexibility index (Phi) is 3.37. The molecule has 0 spiro atoms. The number of rotatable bonds is 4. The van der Waals surface area contributed by atoms with Crippen LogP contribution in [-0.2, 0) is 0 Å². The lowest BCUT2D eigenvalue weighted by atomic mass is 10.1. The smallest absolute Gasteiger partial charge is 0.270 e. The highest BCUT2D eigenvalue weighted by atomic mass is 16.2. The molecule has 3 rings (SSSR count). The van der Waals surface area contributed by atoms with E-state index in [9.17, 15) is 4.79 Å². The standard InChI is InChI=1S/C16H17N3O/c1-17-15-9-5-8-13(18-15)16(20)19-14-10-12(14)11-6-3-2-4-7-11/h2-9,12,14H,10H2,1H3,(H,17,18)(H,19,20). The molecule has 2 N–H and O–H groups in total. The molecule has 1 aromatic heterocycles. The lowest BCUT2D eigenvalue weighted by molar-refractivity contribution is 0.0945. The molecule has 20 heavy (non-hydrogen) atoms. The predicted molar refractivity (Wildman–Crippen MR) is 78.8 cm³/mol. The van der Waals surface area contributed by atoms with Crippen LogP contribution >= 0.6 is 0 Å². The number of hydrogen-bond donors (Lipinski definition) is 2. The van der Waals surface area contributed by atoms with Crippen molar-refractivity contribution < 1.29 is 4.79 Å². The first-order chi connectivity index (χ1) is 9.78. The van der Waals surface area contributed by atoms with E-state index in [0.29, 0.717) is 17.4 Å². The molecule has 1 aliphatic rings. The third-order valence-corrected chi connectivity index (χ3v) is 3.57. The number of anilines is 1. The molecule has 0 aliphatic heterocycles. The van der Waals surface area contributed by atoms with Crippen molar-refractivity contribution in [2.75, 3.05) is 12.4 Å². The highest BCUT2D eigenvalue weighted by Crippen LogP contribution is 2.40. The molecule has 1 fully saturated rings. The van der Waals surface area contributed by atoms with Crippen molar-refractivity contribution in [1.29, 1.82) is 0 Å². The molecule has 0 saturated heterocycles. The van der Waals surface area contributed by atoms with Gasteiger partial charge in [0.1, 0.15) is 11.5 Å². The fourth-order valence-electron chi connectivity index (χ4n) is 2.37. The molecule has 1 saturated carbocycles. The number of carbonyl (C=O) groups is 1. The van der Waals surface area contributed by atoms with E-state index in [-0.39, 0.29) is 11.9 Å². The van der Waals surface area contributed by atoms with Crippen LogP contribution in [0.1, 0.15) is 28.4 Å². The third kappa shape index (κ3) is 2.64. The van der Waals surface area contributed by atoms with Crippen LogP contribution in [-0.4, -0.2) is 24.0 Å². The molecule has 1 aromatic carbocycles. The first kappa shape index (κ1) is 12.7. The minimum Gasteiger partial charge on any atom is -0.373 e. The molecule has 2 aromatic rings. The van der Waals surface area contributed by atoms with E-state index in [0.717, 1.165) is 6.42 Å². The van der Waals surface area contributed by atoms with Gasteiger partial charge >= 0.3 is 0 Å². The normalized spacial score (nSPS) is 20.2. The monoisotopic (exact) mass is 267 g/mol. The number of nitrogens with one attached hydrogen (secondary N) is 2. The lowest BCUT2D eigenvalue weighted by Gasteiger charge is -2.06. The van der Waals surface area contributed by atoms with E-state index < -0.39 is 0 Å². The summed E-state index contributed by atoms with van der Waals surface area (Å²) in [5.41, 5.74) is 1.74. The van der Waals surface area contributed by atoms with Crippen molar-refractivity contribution >= 4 is 11.7 Å². The van der Waals surface area contributed by atoms with Crippen molar-refractivity contribution in [2.24, 2.45) is 0 Å². The van der Waals surface area contributed by atoms with Crippen LogP contribution in [0.3, 0.4) is 0 Å². The zero-order chi connectivity index (χ0) is 13.9. The summed E-state index contributed by atoms with van der Waals surface area (Å²) in [5, 5.41) is 5.98. The largest absolute Gasteiger partial charge is 0.373 e. The molecule has 0 bridgehead atoms. The topological polar surface area (TPSA) is 54.0 Å². The van der Waals surface area contributed by atoms with Crippen LogP contribution in [0.2, 0.25) is 0 Å². The number of aromatic nitrogens is 1. The summed E-state index contributed by atoms with van der Waals surface area (Å²) in [6, 6.07) is 15.9. The number of amides is 1. The molecule has 2 atom stereocenters. The summed E-state index contributed by atoms with van der Waals surface area (Å²) in [6.45, 7) is 0. The average molecular weight is 267 g/mol. The predicted octanol–water partition coefficient (Wildman–Crippen LogP) is 2.41. The number of hydrogen-bond acceptors (Lipinski definition) is 3. The van der Waals surface area contributed by atoms with Crippen LogP contribution in [0.5, 0.6) is 0 Å². The minimum absolute atomic E-state index is 0.106. The van der Waals surface area contributed by atoms with Gasteiger partial charge in [-0.15, -0.1) is 0 Å². The van der Waals surface area contributed by atoms with Gasteiger partial charge in [0, 0.05) is 19.0 Å². The van der Waals surface area contributed by atoms with Gasteiger partial charge in [0.15, 0.2) is 0 Å². The quantitative estimate of drug-likeness (QED) is 0.894. The number of pyridine rings is 1. The van der Waals surface area contributed by atoms with Gasteiger partial charge in [0.05, 0.1) is 0 Å². The van der Waals surface area contributed by atoms with Crippen molar-refractivity contribution in [3.8, 4) is 0 Å². The summed E-state index contributed by atoms with van der Waals surface area (Å²) in [5.74, 6) is 1.03. The van der Waals surface area contributed by atoms with E-state index in [2.05, 4.69) is 27.8 Å². The summed E-state index contributed by atoms with van der Waals surface area (Å²) < 4.78 is 0. The van der Waals surface area contributed by atoms with Gasteiger partial charge in [-0.05, 0) is 24.1 Å². The highest BCUT2D eigenvalue weighted by molar-refractivity contribution is 5.93. The average Bonchev–Trinajstić information content (AvgIpc) is 3.27. The Labute approximate surface area is 118 Å². The molecule has 4 nitrogen and oxygen atoms in total. The van der Waals surface area contributed by atoms with E-state index in [1.54, 1.807) is 13.1 Å². The Morgan fingerprint density at radius 1 is 1.15 bits per heavy atom. The van der Waals surface area contributed by atoms with Crippen LogP contribution < -0.4 is 10.6 Å². The Morgan fingerprint density at radius 2 is 1.95 bits per heavy atom. The van der Waals surface area contributed by atoms with Crippen LogP contribution in [0, 0.1) is 0 Å². The van der Waals surface area contributed by atoms with Crippen molar-refractivity contribution in [3.63, 3.8) is 0 Å². The number of nitrogens with zero attached hydrogens (tertiary/aromatic N) is 1. The van der Waals surface area contributed by atoms with Crippen molar-refractivity contribution in [1.82, 2.24) is 10.3 Å². The maximum atomic E-state index is 12.1. The molecule has 4 heteroatoms.